The summed E-state index contributed by atoms with van der Waals surface area (Å²) >= 11 is 0. The van der Waals surface area contributed by atoms with Gasteiger partial charge in [0, 0.05) is 6.42 Å². The van der Waals surface area contributed by atoms with Crippen LogP contribution in [0.3, 0.4) is 0 Å². The molecule has 2 N–H and O–H groups in total. The van der Waals surface area contributed by atoms with Crippen molar-refractivity contribution in [3.63, 3.8) is 0 Å². The third kappa shape index (κ3) is 5.59. The van der Waals surface area contributed by atoms with Gasteiger partial charge in [-0.25, -0.2) is 0 Å². The van der Waals surface area contributed by atoms with Crippen LogP contribution in [0.15, 0.2) is 18.2 Å². The van der Waals surface area contributed by atoms with E-state index in [9.17, 15) is 4.79 Å². The quantitative estimate of drug-likeness (QED) is 0.748. The molecule has 0 aliphatic carbocycles. The number of carbonyl (C=O) groups is 1. The average Bonchev–Trinajstić information content (AvgIpc) is 2.52. The van der Waals surface area contributed by atoms with Gasteiger partial charge in [-0.3, -0.25) is 4.79 Å². The molecule has 1 atom stereocenters. The Morgan fingerprint density at radius 3 is 2.57 bits per heavy atom. The van der Waals surface area contributed by atoms with E-state index in [-0.39, 0.29) is 24.4 Å². The molecule has 1 aliphatic heterocycles. The molecule has 1 aliphatic rings. The Morgan fingerprint density at radius 1 is 1.22 bits per heavy atom. The van der Waals surface area contributed by atoms with Crippen molar-refractivity contribution in [2.45, 2.75) is 32.7 Å². The lowest BCUT2D eigenvalue weighted by molar-refractivity contribution is -0.122. The van der Waals surface area contributed by atoms with E-state index in [0.29, 0.717) is 25.6 Å². The number of hydrogen-bond acceptors (Lipinski definition) is 4. The summed E-state index contributed by atoms with van der Waals surface area (Å²) in [6.45, 7) is 6.22. The SMILES string of the molecule is CNCCCC(=O)NC(c1ccc2c(c1)OCCO2)C(C)C.Cl. The van der Waals surface area contributed by atoms with Crippen LogP contribution in [0.4, 0.5) is 0 Å². The summed E-state index contributed by atoms with van der Waals surface area (Å²) in [5.74, 6) is 1.93. The van der Waals surface area contributed by atoms with Crippen LogP contribution < -0.4 is 20.1 Å². The summed E-state index contributed by atoms with van der Waals surface area (Å²) in [6, 6.07) is 5.89. The molecule has 0 fully saturated rings. The van der Waals surface area contributed by atoms with E-state index in [0.717, 1.165) is 30.0 Å². The number of benzene rings is 1. The number of rotatable bonds is 7. The summed E-state index contributed by atoms with van der Waals surface area (Å²) in [4.78, 5) is 12.1. The van der Waals surface area contributed by atoms with Crippen molar-refractivity contribution < 1.29 is 14.3 Å². The number of halogens is 1. The first-order valence-corrected chi connectivity index (χ1v) is 7.95. The first-order chi connectivity index (χ1) is 10.6. The van der Waals surface area contributed by atoms with E-state index in [2.05, 4.69) is 24.5 Å². The molecule has 2 rings (SSSR count). The van der Waals surface area contributed by atoms with Crippen molar-refractivity contribution in [1.82, 2.24) is 10.6 Å². The molecule has 0 bridgehead atoms. The molecule has 5 nitrogen and oxygen atoms in total. The highest BCUT2D eigenvalue weighted by Gasteiger charge is 2.21. The highest BCUT2D eigenvalue weighted by Crippen LogP contribution is 2.34. The Kier molecular flexibility index (Phi) is 8.20. The van der Waals surface area contributed by atoms with Crippen LogP contribution in [0, 0.1) is 5.92 Å². The molecule has 0 saturated carbocycles. The van der Waals surface area contributed by atoms with Gasteiger partial charge < -0.3 is 20.1 Å². The second-order valence-electron chi connectivity index (χ2n) is 5.90. The Bertz CT molecular complexity index is 509. The predicted molar refractivity (Wildman–Crippen MR) is 93.6 cm³/mol. The number of amides is 1. The van der Waals surface area contributed by atoms with Crippen molar-refractivity contribution >= 4 is 18.3 Å². The molecule has 6 heteroatoms. The first-order valence-electron chi connectivity index (χ1n) is 7.95. The molecule has 130 valence electrons. The summed E-state index contributed by atoms with van der Waals surface area (Å²) in [7, 11) is 1.89. The van der Waals surface area contributed by atoms with Gasteiger partial charge >= 0.3 is 0 Å². The van der Waals surface area contributed by atoms with E-state index in [1.54, 1.807) is 0 Å². The third-order valence-corrected chi connectivity index (χ3v) is 3.74. The summed E-state index contributed by atoms with van der Waals surface area (Å²) in [5.41, 5.74) is 1.06. The standard InChI is InChI=1S/C17H26N2O3.ClH/c1-12(2)17(19-16(20)5-4-8-18-3)13-6-7-14-15(11-13)22-10-9-21-14;/h6-7,11-12,17-18H,4-5,8-10H2,1-3H3,(H,19,20);1H. The maximum absolute atomic E-state index is 12.1. The molecule has 0 saturated heterocycles. The zero-order chi connectivity index (χ0) is 15.9. The fraction of sp³-hybridized carbons (Fsp3) is 0.588. The van der Waals surface area contributed by atoms with Gasteiger partial charge in [-0.1, -0.05) is 19.9 Å². The zero-order valence-corrected chi connectivity index (χ0v) is 14.9. The largest absolute Gasteiger partial charge is 0.486 e. The molecular formula is C17H27ClN2O3. The summed E-state index contributed by atoms with van der Waals surface area (Å²) < 4.78 is 11.2. The molecule has 0 radical (unpaired) electrons. The van der Waals surface area contributed by atoms with Gasteiger partial charge in [0.05, 0.1) is 6.04 Å². The van der Waals surface area contributed by atoms with E-state index >= 15 is 0 Å². The van der Waals surface area contributed by atoms with Gasteiger partial charge in [0.1, 0.15) is 13.2 Å². The lowest BCUT2D eigenvalue weighted by Crippen LogP contribution is -2.32. The molecule has 1 aromatic carbocycles. The van der Waals surface area contributed by atoms with Gasteiger partial charge in [0.2, 0.25) is 5.91 Å². The molecule has 1 aromatic rings. The molecule has 0 aromatic heterocycles. The van der Waals surface area contributed by atoms with Crippen molar-refractivity contribution in [2.24, 2.45) is 5.92 Å². The normalized spacial score (nSPS) is 14.1. The highest BCUT2D eigenvalue weighted by molar-refractivity contribution is 5.85. The number of ether oxygens (including phenoxy) is 2. The van der Waals surface area contributed by atoms with Crippen molar-refractivity contribution in [2.75, 3.05) is 26.8 Å². The van der Waals surface area contributed by atoms with Gasteiger partial charge in [-0.15, -0.1) is 12.4 Å². The lowest BCUT2D eigenvalue weighted by atomic mass is 9.95. The number of carbonyl (C=O) groups excluding carboxylic acids is 1. The maximum Gasteiger partial charge on any atom is 0.220 e. The van der Waals surface area contributed by atoms with Crippen molar-refractivity contribution in [1.29, 1.82) is 0 Å². The topological polar surface area (TPSA) is 59.6 Å². The van der Waals surface area contributed by atoms with Crippen LogP contribution in [0.2, 0.25) is 0 Å². The third-order valence-electron chi connectivity index (χ3n) is 3.74. The number of nitrogens with one attached hydrogen (secondary N) is 2. The van der Waals surface area contributed by atoms with Gasteiger partial charge in [-0.05, 0) is 43.6 Å². The van der Waals surface area contributed by atoms with Crippen molar-refractivity contribution in [3.05, 3.63) is 23.8 Å². The number of hydrogen-bond donors (Lipinski definition) is 2. The average molecular weight is 343 g/mol. The van der Waals surface area contributed by atoms with E-state index in [1.165, 1.54) is 0 Å². The zero-order valence-electron chi connectivity index (χ0n) is 14.1. The van der Waals surface area contributed by atoms with E-state index in [4.69, 9.17) is 9.47 Å². The lowest BCUT2D eigenvalue weighted by Gasteiger charge is -2.25. The smallest absolute Gasteiger partial charge is 0.220 e. The van der Waals surface area contributed by atoms with Gasteiger partial charge in [-0.2, -0.15) is 0 Å². The molecule has 0 spiro atoms. The minimum Gasteiger partial charge on any atom is -0.486 e. The minimum absolute atomic E-state index is 0. The summed E-state index contributed by atoms with van der Waals surface area (Å²) in [6.07, 6.45) is 1.38. The van der Waals surface area contributed by atoms with Crippen LogP contribution in [-0.2, 0) is 4.79 Å². The second-order valence-corrected chi connectivity index (χ2v) is 5.90. The van der Waals surface area contributed by atoms with Gasteiger partial charge in [0.25, 0.3) is 0 Å². The highest BCUT2D eigenvalue weighted by atomic mass is 35.5. The second kappa shape index (κ2) is 9.63. The van der Waals surface area contributed by atoms with Crippen LogP contribution >= 0.6 is 12.4 Å². The summed E-state index contributed by atoms with van der Waals surface area (Å²) in [5, 5.41) is 6.19. The molecule has 1 heterocycles. The Labute approximate surface area is 144 Å². The van der Waals surface area contributed by atoms with Crippen LogP contribution in [0.5, 0.6) is 11.5 Å². The minimum atomic E-state index is -0.0158. The van der Waals surface area contributed by atoms with Gasteiger partial charge in [0.15, 0.2) is 11.5 Å². The molecule has 1 unspecified atom stereocenters. The van der Waals surface area contributed by atoms with Crippen LogP contribution in [0.25, 0.3) is 0 Å². The molecule has 1 amide bonds. The van der Waals surface area contributed by atoms with E-state index in [1.807, 2.05) is 25.2 Å². The Balaban J connectivity index is 0.00000264. The van der Waals surface area contributed by atoms with Crippen molar-refractivity contribution in [3.8, 4) is 11.5 Å². The van der Waals surface area contributed by atoms with E-state index < -0.39 is 0 Å². The fourth-order valence-corrected chi connectivity index (χ4v) is 2.56. The maximum atomic E-state index is 12.1. The first kappa shape index (κ1) is 19.6. The monoisotopic (exact) mass is 342 g/mol. The van der Waals surface area contributed by atoms with Crippen LogP contribution in [0.1, 0.15) is 38.3 Å². The molecule has 23 heavy (non-hydrogen) atoms. The molecular weight excluding hydrogens is 316 g/mol. The predicted octanol–water partition coefficient (Wildman–Crippen LogP) is 2.69. The number of fused-ring (bicyclic) bond motifs is 1. The fourth-order valence-electron chi connectivity index (χ4n) is 2.56. The van der Waals surface area contributed by atoms with Crippen LogP contribution in [-0.4, -0.2) is 32.7 Å². The Morgan fingerprint density at radius 2 is 1.91 bits per heavy atom. The Hall–Kier alpha value is -1.46.